The molecule has 0 atom stereocenters. The van der Waals surface area contributed by atoms with Crippen molar-refractivity contribution in [3.05, 3.63) is 46.7 Å². The van der Waals surface area contributed by atoms with Gasteiger partial charge in [0.05, 0.1) is 13.1 Å². The standard InChI is InChI=1S/C16H20FN5OS/c1-19-11-18-22(16(19)24)12-20-6-8-21(9-7-20)15(23)10-13-4-2-3-5-14(13)17/h2-5,11H,6-10,12H2,1H3. The number of hydrogen-bond acceptors (Lipinski definition) is 4. The summed E-state index contributed by atoms with van der Waals surface area (Å²) in [7, 11) is 1.87. The molecule has 1 fully saturated rings. The van der Waals surface area contributed by atoms with E-state index in [1.54, 1.807) is 38.7 Å². The maximum absolute atomic E-state index is 13.7. The molecule has 1 aromatic heterocycles. The second-order valence-corrected chi connectivity index (χ2v) is 6.30. The Hall–Kier alpha value is -2.06. The van der Waals surface area contributed by atoms with Crippen LogP contribution >= 0.6 is 12.2 Å². The number of piperazine rings is 1. The molecule has 0 saturated carbocycles. The van der Waals surface area contributed by atoms with Gasteiger partial charge in [-0.3, -0.25) is 9.69 Å². The van der Waals surface area contributed by atoms with E-state index in [4.69, 9.17) is 12.2 Å². The summed E-state index contributed by atoms with van der Waals surface area (Å²) in [5.41, 5.74) is 0.449. The number of aromatic nitrogens is 3. The van der Waals surface area contributed by atoms with Crippen molar-refractivity contribution in [3.8, 4) is 0 Å². The smallest absolute Gasteiger partial charge is 0.227 e. The van der Waals surface area contributed by atoms with Crippen LogP contribution in [0.2, 0.25) is 0 Å². The maximum atomic E-state index is 13.7. The SMILES string of the molecule is Cn1cnn(CN2CCN(C(=O)Cc3ccccc3F)CC2)c1=S. The predicted octanol–water partition coefficient (Wildman–Crippen LogP) is 1.43. The minimum atomic E-state index is -0.325. The van der Waals surface area contributed by atoms with Crippen LogP contribution in [0.5, 0.6) is 0 Å². The van der Waals surface area contributed by atoms with E-state index in [1.165, 1.54) is 6.07 Å². The average molecular weight is 349 g/mol. The Morgan fingerprint density at radius 1 is 1.25 bits per heavy atom. The molecule has 2 heterocycles. The quantitative estimate of drug-likeness (QED) is 0.784. The molecule has 3 rings (SSSR count). The van der Waals surface area contributed by atoms with Crippen LogP contribution in [-0.4, -0.2) is 56.2 Å². The van der Waals surface area contributed by atoms with Crippen LogP contribution in [0.15, 0.2) is 30.6 Å². The van der Waals surface area contributed by atoms with E-state index in [0.29, 0.717) is 30.1 Å². The number of halogens is 1. The first-order valence-electron chi connectivity index (χ1n) is 7.86. The minimum absolute atomic E-state index is 0.0332. The third-order valence-electron chi connectivity index (χ3n) is 4.25. The number of carbonyl (C=O) groups excluding carboxylic acids is 1. The summed E-state index contributed by atoms with van der Waals surface area (Å²) in [6, 6.07) is 6.42. The number of amides is 1. The Labute approximate surface area is 145 Å². The van der Waals surface area contributed by atoms with Crippen LogP contribution in [0.1, 0.15) is 5.56 Å². The molecular formula is C16H20FN5OS. The predicted molar refractivity (Wildman–Crippen MR) is 90.3 cm³/mol. The Kier molecular flexibility index (Phi) is 5.06. The van der Waals surface area contributed by atoms with Crippen LogP contribution < -0.4 is 0 Å². The molecule has 6 nitrogen and oxygen atoms in total. The first kappa shape index (κ1) is 16.8. The fraction of sp³-hybridized carbons (Fsp3) is 0.438. The molecule has 0 unspecified atom stereocenters. The molecule has 0 spiro atoms. The van der Waals surface area contributed by atoms with Gasteiger partial charge in [-0.15, -0.1) is 0 Å². The molecule has 1 amide bonds. The average Bonchev–Trinajstić information content (AvgIpc) is 2.90. The van der Waals surface area contributed by atoms with Gasteiger partial charge in [0.15, 0.2) is 4.77 Å². The van der Waals surface area contributed by atoms with Crippen LogP contribution in [0, 0.1) is 10.6 Å². The van der Waals surface area contributed by atoms with Crippen molar-refractivity contribution in [2.45, 2.75) is 13.1 Å². The molecule has 0 bridgehead atoms. The third-order valence-corrected chi connectivity index (χ3v) is 4.74. The Balaban J connectivity index is 1.53. The molecule has 24 heavy (non-hydrogen) atoms. The number of rotatable bonds is 4. The van der Waals surface area contributed by atoms with Gasteiger partial charge in [-0.2, -0.15) is 5.10 Å². The summed E-state index contributed by atoms with van der Waals surface area (Å²) < 4.78 is 17.9. The van der Waals surface area contributed by atoms with Gasteiger partial charge >= 0.3 is 0 Å². The van der Waals surface area contributed by atoms with E-state index in [9.17, 15) is 9.18 Å². The van der Waals surface area contributed by atoms with E-state index < -0.39 is 0 Å². The van der Waals surface area contributed by atoms with Crippen LogP contribution in [0.4, 0.5) is 4.39 Å². The third kappa shape index (κ3) is 3.70. The number of aryl methyl sites for hydroxylation is 1. The summed E-state index contributed by atoms with van der Waals surface area (Å²) in [6.07, 6.45) is 1.80. The molecule has 1 aromatic carbocycles. The lowest BCUT2D eigenvalue weighted by Gasteiger charge is -2.34. The fourth-order valence-corrected chi connectivity index (χ4v) is 2.91. The second kappa shape index (κ2) is 7.23. The van der Waals surface area contributed by atoms with Crippen molar-refractivity contribution in [2.75, 3.05) is 26.2 Å². The maximum Gasteiger partial charge on any atom is 0.227 e. The lowest BCUT2D eigenvalue weighted by molar-refractivity contribution is -0.132. The second-order valence-electron chi connectivity index (χ2n) is 5.93. The zero-order valence-corrected chi connectivity index (χ0v) is 14.4. The molecule has 1 saturated heterocycles. The highest BCUT2D eigenvalue weighted by Crippen LogP contribution is 2.11. The number of carbonyl (C=O) groups is 1. The van der Waals surface area contributed by atoms with Gasteiger partial charge in [0.25, 0.3) is 0 Å². The lowest BCUT2D eigenvalue weighted by Crippen LogP contribution is -2.49. The minimum Gasteiger partial charge on any atom is -0.340 e. The van der Waals surface area contributed by atoms with Crippen molar-refractivity contribution in [1.82, 2.24) is 24.1 Å². The molecule has 0 radical (unpaired) electrons. The molecular weight excluding hydrogens is 329 g/mol. The van der Waals surface area contributed by atoms with Crippen molar-refractivity contribution in [3.63, 3.8) is 0 Å². The van der Waals surface area contributed by atoms with Gasteiger partial charge in [0.2, 0.25) is 5.91 Å². The molecule has 8 heteroatoms. The highest BCUT2D eigenvalue weighted by atomic mass is 32.1. The van der Waals surface area contributed by atoms with E-state index in [2.05, 4.69) is 10.00 Å². The summed E-state index contributed by atoms with van der Waals surface area (Å²) in [4.78, 5) is 16.3. The van der Waals surface area contributed by atoms with E-state index in [0.717, 1.165) is 13.1 Å². The molecule has 1 aliphatic heterocycles. The van der Waals surface area contributed by atoms with Gasteiger partial charge in [-0.05, 0) is 23.8 Å². The molecule has 2 aromatic rings. The number of nitrogens with zero attached hydrogens (tertiary/aromatic N) is 5. The number of hydrogen-bond donors (Lipinski definition) is 0. The molecule has 0 N–H and O–H groups in total. The van der Waals surface area contributed by atoms with Gasteiger partial charge in [-0.1, -0.05) is 18.2 Å². The zero-order chi connectivity index (χ0) is 17.1. The monoisotopic (exact) mass is 349 g/mol. The van der Waals surface area contributed by atoms with Crippen LogP contribution in [0.3, 0.4) is 0 Å². The van der Waals surface area contributed by atoms with Gasteiger partial charge < -0.3 is 9.47 Å². The first-order valence-corrected chi connectivity index (χ1v) is 8.27. The Bertz CT molecular complexity index is 779. The molecule has 0 aliphatic carbocycles. The summed E-state index contributed by atoms with van der Waals surface area (Å²) in [6.45, 7) is 3.39. The van der Waals surface area contributed by atoms with Crippen LogP contribution in [0.25, 0.3) is 0 Å². The summed E-state index contributed by atoms with van der Waals surface area (Å²) in [5.74, 6) is -0.358. The van der Waals surface area contributed by atoms with Gasteiger partial charge in [0.1, 0.15) is 12.1 Å². The van der Waals surface area contributed by atoms with Crippen molar-refractivity contribution in [1.29, 1.82) is 0 Å². The largest absolute Gasteiger partial charge is 0.340 e. The molecule has 1 aliphatic rings. The topological polar surface area (TPSA) is 46.3 Å². The lowest BCUT2D eigenvalue weighted by atomic mass is 10.1. The fourth-order valence-electron chi connectivity index (χ4n) is 2.76. The van der Waals surface area contributed by atoms with Gasteiger partial charge in [-0.25, -0.2) is 9.07 Å². The van der Waals surface area contributed by atoms with Crippen molar-refractivity contribution in [2.24, 2.45) is 7.05 Å². The number of benzene rings is 1. The summed E-state index contributed by atoms with van der Waals surface area (Å²) in [5, 5.41) is 4.24. The van der Waals surface area contributed by atoms with E-state index in [1.807, 2.05) is 7.05 Å². The Morgan fingerprint density at radius 2 is 1.96 bits per heavy atom. The van der Waals surface area contributed by atoms with Crippen molar-refractivity contribution < 1.29 is 9.18 Å². The zero-order valence-electron chi connectivity index (χ0n) is 13.6. The van der Waals surface area contributed by atoms with E-state index >= 15 is 0 Å². The van der Waals surface area contributed by atoms with Gasteiger partial charge in [0, 0.05) is 33.2 Å². The Morgan fingerprint density at radius 3 is 2.58 bits per heavy atom. The normalized spacial score (nSPS) is 15.7. The highest BCUT2D eigenvalue weighted by Gasteiger charge is 2.22. The van der Waals surface area contributed by atoms with Crippen LogP contribution in [-0.2, 0) is 24.9 Å². The highest BCUT2D eigenvalue weighted by molar-refractivity contribution is 7.71. The first-order chi connectivity index (χ1) is 11.5. The van der Waals surface area contributed by atoms with E-state index in [-0.39, 0.29) is 18.1 Å². The van der Waals surface area contributed by atoms with Crippen molar-refractivity contribution >= 4 is 18.1 Å². The molecule has 128 valence electrons. The summed E-state index contributed by atoms with van der Waals surface area (Å²) >= 11 is 5.28.